The fraction of sp³-hybridized carbons (Fsp3) is 0.600. The molecule has 0 radical (unpaired) electrons. The molecule has 0 saturated carbocycles. The van der Waals surface area contributed by atoms with E-state index in [1.54, 1.807) is 0 Å². The van der Waals surface area contributed by atoms with Gasteiger partial charge in [-0.25, -0.2) is 8.78 Å². The summed E-state index contributed by atoms with van der Waals surface area (Å²) in [4.78, 5) is 4.45. The molecule has 0 amide bonds. The topological polar surface area (TPSA) is 18.5 Å². The second kappa shape index (κ2) is 6.61. The smallest absolute Gasteiger partial charge is 0.128 e. The summed E-state index contributed by atoms with van der Waals surface area (Å²) in [6, 6.07) is 3.61. The number of hydrogen-bond donors (Lipinski definition) is 1. The van der Waals surface area contributed by atoms with Crippen LogP contribution in [0.25, 0.3) is 0 Å². The first-order valence-electron chi connectivity index (χ1n) is 7.10. The zero-order chi connectivity index (χ0) is 14.7. The highest BCUT2D eigenvalue weighted by Crippen LogP contribution is 2.26. The maximum Gasteiger partial charge on any atom is 0.128 e. The summed E-state index contributed by atoms with van der Waals surface area (Å²) in [5.74, 6) is -0.741. The van der Waals surface area contributed by atoms with Crippen molar-refractivity contribution in [3.63, 3.8) is 0 Å². The molecule has 0 aliphatic carbocycles. The van der Waals surface area contributed by atoms with Gasteiger partial charge >= 0.3 is 0 Å². The highest BCUT2D eigenvalue weighted by Gasteiger charge is 2.32. The van der Waals surface area contributed by atoms with Crippen LogP contribution >= 0.6 is 0 Å². The lowest BCUT2D eigenvalue weighted by Gasteiger charge is -2.42. The van der Waals surface area contributed by atoms with E-state index in [9.17, 15) is 8.78 Å². The molecule has 1 saturated heterocycles. The molecule has 1 aromatic carbocycles. The maximum atomic E-state index is 14.1. The molecule has 1 N–H and O–H groups in total. The maximum absolute atomic E-state index is 14.1. The number of likely N-dealkylation sites (N-methyl/N-ethyl adjacent to an activating group) is 3. The Balaban J connectivity index is 2.32. The third-order valence-corrected chi connectivity index (χ3v) is 4.00. The first-order chi connectivity index (χ1) is 9.52. The van der Waals surface area contributed by atoms with E-state index < -0.39 is 5.82 Å². The van der Waals surface area contributed by atoms with Crippen LogP contribution in [0.15, 0.2) is 18.2 Å². The number of nitrogens with one attached hydrogen (secondary N) is 1. The number of benzene rings is 1. The Morgan fingerprint density at radius 2 is 2.05 bits per heavy atom. The Morgan fingerprint density at radius 1 is 1.30 bits per heavy atom. The molecule has 1 heterocycles. The summed E-state index contributed by atoms with van der Waals surface area (Å²) in [5.41, 5.74) is 0.416. The van der Waals surface area contributed by atoms with Gasteiger partial charge in [0.15, 0.2) is 0 Å². The summed E-state index contributed by atoms with van der Waals surface area (Å²) < 4.78 is 27.6. The first-order valence-corrected chi connectivity index (χ1v) is 7.10. The van der Waals surface area contributed by atoms with E-state index in [0.717, 1.165) is 19.6 Å². The number of piperazine rings is 1. The first kappa shape index (κ1) is 15.4. The van der Waals surface area contributed by atoms with E-state index in [1.807, 2.05) is 14.0 Å². The van der Waals surface area contributed by atoms with Crippen molar-refractivity contribution in [1.29, 1.82) is 0 Å². The Bertz CT molecular complexity index is 453. The molecule has 1 aromatic rings. The summed E-state index contributed by atoms with van der Waals surface area (Å²) >= 11 is 0. The average molecular weight is 283 g/mol. The van der Waals surface area contributed by atoms with Gasteiger partial charge in [0.25, 0.3) is 0 Å². The summed E-state index contributed by atoms with van der Waals surface area (Å²) in [7, 11) is 4.10. The quantitative estimate of drug-likeness (QED) is 0.910. The number of halogens is 2. The summed E-state index contributed by atoms with van der Waals surface area (Å²) in [6.45, 7) is 5.47. The molecular weight excluding hydrogens is 260 g/mol. The van der Waals surface area contributed by atoms with Crippen LogP contribution in [0, 0.1) is 11.6 Å². The number of nitrogens with zero attached hydrogens (tertiary/aromatic N) is 2. The van der Waals surface area contributed by atoms with Crippen LogP contribution in [0.2, 0.25) is 0 Å². The predicted molar refractivity (Wildman–Crippen MR) is 76.7 cm³/mol. The van der Waals surface area contributed by atoms with Gasteiger partial charge in [0.2, 0.25) is 0 Å². The van der Waals surface area contributed by atoms with Gasteiger partial charge in [-0.15, -0.1) is 0 Å². The standard InChI is InChI=1S/C15H23F2N3/c1-4-18-15(12-9-11(16)5-6-13(12)17)14-10-19(2)7-8-20(14)3/h5-6,9,14-15,18H,4,7-8,10H2,1-3H3. The minimum Gasteiger partial charge on any atom is -0.309 e. The fourth-order valence-corrected chi connectivity index (χ4v) is 2.83. The van der Waals surface area contributed by atoms with Crippen molar-refractivity contribution < 1.29 is 8.78 Å². The Morgan fingerprint density at radius 3 is 2.75 bits per heavy atom. The molecule has 1 fully saturated rings. The van der Waals surface area contributed by atoms with Gasteiger partial charge in [0, 0.05) is 31.2 Å². The van der Waals surface area contributed by atoms with Crippen molar-refractivity contribution in [2.24, 2.45) is 0 Å². The van der Waals surface area contributed by atoms with Gasteiger partial charge in [-0.3, -0.25) is 4.90 Å². The Hall–Kier alpha value is -1.04. The van der Waals surface area contributed by atoms with Crippen LogP contribution in [0.5, 0.6) is 0 Å². The number of hydrogen-bond acceptors (Lipinski definition) is 3. The van der Waals surface area contributed by atoms with Crippen molar-refractivity contribution in [3.8, 4) is 0 Å². The van der Waals surface area contributed by atoms with Crippen LogP contribution < -0.4 is 5.32 Å². The van der Waals surface area contributed by atoms with Gasteiger partial charge in [-0.2, -0.15) is 0 Å². The lowest BCUT2D eigenvalue weighted by atomic mass is 9.95. The van der Waals surface area contributed by atoms with Crippen molar-refractivity contribution in [2.75, 3.05) is 40.3 Å². The molecule has 0 bridgehead atoms. The van der Waals surface area contributed by atoms with Gasteiger partial charge < -0.3 is 10.2 Å². The third-order valence-electron chi connectivity index (χ3n) is 4.00. The molecule has 0 aromatic heterocycles. The fourth-order valence-electron chi connectivity index (χ4n) is 2.83. The van der Waals surface area contributed by atoms with E-state index in [0.29, 0.717) is 12.1 Å². The van der Waals surface area contributed by atoms with Crippen molar-refractivity contribution in [1.82, 2.24) is 15.1 Å². The molecule has 112 valence electrons. The normalized spacial score (nSPS) is 22.9. The zero-order valence-corrected chi connectivity index (χ0v) is 12.4. The SMILES string of the molecule is CCNC(c1cc(F)ccc1F)C1CN(C)CCN1C. The minimum absolute atomic E-state index is 0.130. The van der Waals surface area contributed by atoms with Crippen LogP contribution in [-0.2, 0) is 0 Å². The second-order valence-electron chi connectivity index (χ2n) is 5.51. The van der Waals surface area contributed by atoms with Gasteiger partial charge in [0.1, 0.15) is 11.6 Å². The summed E-state index contributed by atoms with van der Waals surface area (Å²) in [5, 5.41) is 3.31. The van der Waals surface area contributed by atoms with Crippen molar-refractivity contribution in [3.05, 3.63) is 35.4 Å². The molecule has 5 heteroatoms. The summed E-state index contributed by atoms with van der Waals surface area (Å²) in [6.07, 6.45) is 0. The highest BCUT2D eigenvalue weighted by molar-refractivity contribution is 5.24. The lowest BCUT2D eigenvalue weighted by Crippen LogP contribution is -2.55. The van der Waals surface area contributed by atoms with E-state index in [1.165, 1.54) is 18.2 Å². The van der Waals surface area contributed by atoms with Crippen molar-refractivity contribution >= 4 is 0 Å². The third kappa shape index (κ3) is 3.34. The van der Waals surface area contributed by atoms with Gasteiger partial charge in [0.05, 0.1) is 6.04 Å². The lowest BCUT2D eigenvalue weighted by molar-refractivity contribution is 0.0870. The van der Waals surface area contributed by atoms with E-state index in [-0.39, 0.29) is 17.9 Å². The van der Waals surface area contributed by atoms with E-state index in [2.05, 4.69) is 22.2 Å². The van der Waals surface area contributed by atoms with Crippen LogP contribution in [-0.4, -0.2) is 56.1 Å². The van der Waals surface area contributed by atoms with E-state index >= 15 is 0 Å². The molecular formula is C15H23F2N3. The molecule has 2 rings (SSSR count). The van der Waals surface area contributed by atoms with E-state index in [4.69, 9.17) is 0 Å². The van der Waals surface area contributed by atoms with Crippen LogP contribution in [0.3, 0.4) is 0 Å². The van der Waals surface area contributed by atoms with Crippen LogP contribution in [0.1, 0.15) is 18.5 Å². The Labute approximate surface area is 119 Å². The Kier molecular flexibility index (Phi) is 5.07. The molecule has 1 aliphatic rings. The van der Waals surface area contributed by atoms with Gasteiger partial charge in [-0.1, -0.05) is 6.92 Å². The number of rotatable bonds is 4. The monoisotopic (exact) mass is 283 g/mol. The minimum atomic E-state index is -0.392. The second-order valence-corrected chi connectivity index (χ2v) is 5.51. The molecule has 0 spiro atoms. The largest absolute Gasteiger partial charge is 0.309 e. The predicted octanol–water partition coefficient (Wildman–Crippen LogP) is 1.86. The molecule has 3 nitrogen and oxygen atoms in total. The highest BCUT2D eigenvalue weighted by atomic mass is 19.1. The molecule has 2 unspecified atom stereocenters. The van der Waals surface area contributed by atoms with Crippen molar-refractivity contribution in [2.45, 2.75) is 19.0 Å². The van der Waals surface area contributed by atoms with Gasteiger partial charge in [-0.05, 0) is 38.8 Å². The van der Waals surface area contributed by atoms with Crippen LogP contribution in [0.4, 0.5) is 8.78 Å². The molecule has 2 atom stereocenters. The zero-order valence-electron chi connectivity index (χ0n) is 12.4. The molecule has 1 aliphatic heterocycles. The average Bonchev–Trinajstić information content (AvgIpc) is 2.42. The molecule has 20 heavy (non-hydrogen) atoms.